The van der Waals surface area contributed by atoms with Gasteiger partial charge in [-0.3, -0.25) is 0 Å². The Bertz CT molecular complexity index is 239. The molecule has 0 bridgehead atoms. The zero-order chi connectivity index (χ0) is 11.8. The Labute approximate surface area is 86.1 Å². The largest absolute Gasteiger partial charge is 0.460 e. The second-order valence-corrected chi connectivity index (χ2v) is 2.73. The standard InChI is InChI=1S/C5HF8I/c6-2(1-14)3(7,8)4(9,10)5(11,12)13/h1H. The molecule has 0 aliphatic rings. The van der Waals surface area contributed by atoms with Crippen molar-refractivity contribution in [3.05, 3.63) is 9.91 Å². The molecule has 0 aromatic rings. The Morgan fingerprint density at radius 2 is 1.29 bits per heavy atom. The van der Waals surface area contributed by atoms with E-state index in [1.807, 2.05) is 0 Å². The topological polar surface area (TPSA) is 0 Å². The van der Waals surface area contributed by atoms with E-state index < -0.39 is 23.8 Å². The summed E-state index contributed by atoms with van der Waals surface area (Å²) in [6.45, 7) is 0. The monoisotopic (exact) mass is 340 g/mol. The van der Waals surface area contributed by atoms with Crippen molar-refractivity contribution < 1.29 is 35.1 Å². The first-order valence-electron chi connectivity index (χ1n) is 2.77. The van der Waals surface area contributed by atoms with Crippen molar-refractivity contribution in [2.75, 3.05) is 0 Å². The van der Waals surface area contributed by atoms with Crippen LogP contribution in [-0.4, -0.2) is 18.0 Å². The third kappa shape index (κ3) is 2.11. The Morgan fingerprint density at radius 3 is 1.50 bits per heavy atom. The Balaban J connectivity index is 5.29. The predicted octanol–water partition coefficient (Wildman–Crippen LogP) is 4.07. The first-order valence-corrected chi connectivity index (χ1v) is 4.01. The van der Waals surface area contributed by atoms with Crippen molar-refractivity contribution in [1.29, 1.82) is 0 Å². The summed E-state index contributed by atoms with van der Waals surface area (Å²) in [6, 6.07) is 0. The molecule has 0 spiro atoms. The van der Waals surface area contributed by atoms with E-state index in [-0.39, 0.29) is 4.08 Å². The molecule has 0 radical (unpaired) electrons. The maximum Gasteiger partial charge on any atom is 0.460 e. The molecular weight excluding hydrogens is 339 g/mol. The van der Waals surface area contributed by atoms with E-state index >= 15 is 0 Å². The molecule has 0 heterocycles. The summed E-state index contributed by atoms with van der Waals surface area (Å²) < 4.78 is 94.4. The highest BCUT2D eigenvalue weighted by Crippen LogP contribution is 2.50. The van der Waals surface area contributed by atoms with Crippen molar-refractivity contribution in [2.45, 2.75) is 18.0 Å². The summed E-state index contributed by atoms with van der Waals surface area (Å²) in [6.07, 6.45) is -6.51. The Kier molecular flexibility index (Phi) is 3.79. The first kappa shape index (κ1) is 13.9. The number of rotatable bonds is 2. The van der Waals surface area contributed by atoms with Crippen molar-refractivity contribution in [2.24, 2.45) is 0 Å². The summed E-state index contributed by atoms with van der Waals surface area (Å²) >= 11 is 0.789. The van der Waals surface area contributed by atoms with Gasteiger partial charge in [0.25, 0.3) is 0 Å². The quantitative estimate of drug-likeness (QED) is 0.525. The average molecular weight is 340 g/mol. The number of hydrogen-bond acceptors (Lipinski definition) is 0. The van der Waals surface area contributed by atoms with Crippen LogP contribution in [0.1, 0.15) is 0 Å². The molecule has 84 valence electrons. The average Bonchev–Trinajstić information content (AvgIpc) is 2.00. The van der Waals surface area contributed by atoms with E-state index in [9.17, 15) is 35.1 Å². The minimum absolute atomic E-state index is 0.183. The molecule has 0 aliphatic heterocycles. The first-order chi connectivity index (χ1) is 5.98. The smallest absolute Gasteiger partial charge is 0.204 e. The van der Waals surface area contributed by atoms with Crippen LogP contribution < -0.4 is 0 Å². The third-order valence-electron chi connectivity index (χ3n) is 1.15. The zero-order valence-electron chi connectivity index (χ0n) is 5.98. The minimum atomic E-state index is -6.51. The van der Waals surface area contributed by atoms with E-state index in [1.54, 1.807) is 0 Å². The van der Waals surface area contributed by atoms with E-state index in [2.05, 4.69) is 0 Å². The van der Waals surface area contributed by atoms with Crippen LogP contribution in [0.25, 0.3) is 0 Å². The summed E-state index contributed by atoms with van der Waals surface area (Å²) in [5, 5.41) is 0. The van der Waals surface area contributed by atoms with Crippen LogP contribution in [-0.2, 0) is 0 Å². The van der Waals surface area contributed by atoms with Crippen LogP contribution in [0.2, 0.25) is 0 Å². The molecule has 0 aliphatic carbocycles. The van der Waals surface area contributed by atoms with Gasteiger partial charge in [0.1, 0.15) is 0 Å². The zero-order valence-corrected chi connectivity index (χ0v) is 8.14. The van der Waals surface area contributed by atoms with Gasteiger partial charge < -0.3 is 0 Å². The number of halogens is 9. The fourth-order valence-corrected chi connectivity index (χ4v) is 0.788. The molecule has 0 rings (SSSR count). The molecule has 14 heavy (non-hydrogen) atoms. The van der Waals surface area contributed by atoms with E-state index in [0.717, 1.165) is 22.6 Å². The molecule has 0 nitrogen and oxygen atoms in total. The van der Waals surface area contributed by atoms with E-state index in [1.165, 1.54) is 0 Å². The van der Waals surface area contributed by atoms with Crippen LogP contribution in [0.5, 0.6) is 0 Å². The number of allylic oxidation sites excluding steroid dienone is 1. The molecule has 0 saturated heterocycles. The maximum absolute atomic E-state index is 12.2. The lowest BCUT2D eigenvalue weighted by atomic mass is 10.1. The molecule has 0 unspecified atom stereocenters. The molecule has 0 aromatic heterocycles. The lowest BCUT2D eigenvalue weighted by Crippen LogP contribution is -2.52. The fraction of sp³-hybridized carbons (Fsp3) is 0.600. The summed E-state index contributed by atoms with van der Waals surface area (Å²) in [7, 11) is 0. The van der Waals surface area contributed by atoms with Gasteiger partial charge in [-0.25, -0.2) is 4.39 Å². The molecule has 0 saturated carbocycles. The highest BCUT2D eigenvalue weighted by atomic mass is 127. The van der Waals surface area contributed by atoms with Gasteiger partial charge in [-0.05, 0) is 22.6 Å². The van der Waals surface area contributed by atoms with Gasteiger partial charge in [-0.1, -0.05) is 0 Å². The van der Waals surface area contributed by atoms with Crippen molar-refractivity contribution in [1.82, 2.24) is 0 Å². The molecule has 0 atom stereocenters. The van der Waals surface area contributed by atoms with Crippen LogP contribution in [0.3, 0.4) is 0 Å². The van der Waals surface area contributed by atoms with Crippen molar-refractivity contribution in [3.63, 3.8) is 0 Å². The van der Waals surface area contributed by atoms with Crippen molar-refractivity contribution >= 4 is 22.6 Å². The van der Waals surface area contributed by atoms with Gasteiger partial charge in [-0.15, -0.1) is 0 Å². The highest BCUT2D eigenvalue weighted by Gasteiger charge is 2.74. The predicted molar refractivity (Wildman–Crippen MR) is 39.2 cm³/mol. The van der Waals surface area contributed by atoms with Gasteiger partial charge in [0, 0.05) is 4.08 Å². The molecule has 0 aromatic carbocycles. The fourth-order valence-electron chi connectivity index (χ4n) is 0.397. The summed E-state index contributed by atoms with van der Waals surface area (Å²) in [5.74, 6) is -15.1. The molecular formula is C5HF8I. The van der Waals surface area contributed by atoms with Gasteiger partial charge in [-0.2, -0.15) is 30.7 Å². The summed E-state index contributed by atoms with van der Waals surface area (Å²) in [4.78, 5) is 0. The van der Waals surface area contributed by atoms with Crippen LogP contribution in [0.15, 0.2) is 9.91 Å². The van der Waals surface area contributed by atoms with Crippen molar-refractivity contribution in [3.8, 4) is 0 Å². The maximum atomic E-state index is 12.2. The molecule has 0 N–H and O–H groups in total. The second-order valence-electron chi connectivity index (χ2n) is 2.10. The molecule has 9 heteroatoms. The summed E-state index contributed by atoms with van der Waals surface area (Å²) in [5.41, 5.74) is 0. The van der Waals surface area contributed by atoms with Crippen LogP contribution >= 0.6 is 22.6 Å². The van der Waals surface area contributed by atoms with Gasteiger partial charge in [0.05, 0.1) is 0 Å². The lowest BCUT2D eigenvalue weighted by molar-refractivity contribution is -0.347. The highest BCUT2D eigenvalue weighted by molar-refractivity contribution is 14.1. The minimum Gasteiger partial charge on any atom is -0.204 e. The van der Waals surface area contributed by atoms with Gasteiger partial charge in [0.15, 0.2) is 5.83 Å². The van der Waals surface area contributed by atoms with Gasteiger partial charge >= 0.3 is 18.0 Å². The number of alkyl halides is 7. The Hall–Kier alpha value is -0.0900. The molecule has 0 fully saturated rings. The van der Waals surface area contributed by atoms with E-state index in [0.29, 0.717) is 0 Å². The normalized spacial score (nSPS) is 15.9. The number of hydrogen-bond donors (Lipinski definition) is 0. The SMILES string of the molecule is FC(=CI)C(F)(F)C(F)(F)C(F)(F)F. The lowest BCUT2D eigenvalue weighted by Gasteiger charge is -2.26. The third-order valence-corrected chi connectivity index (χ3v) is 1.69. The van der Waals surface area contributed by atoms with E-state index in [4.69, 9.17) is 0 Å². The second kappa shape index (κ2) is 3.81. The van der Waals surface area contributed by atoms with Crippen LogP contribution in [0, 0.1) is 0 Å². The Morgan fingerprint density at radius 1 is 0.929 bits per heavy atom. The molecule has 0 amide bonds. The van der Waals surface area contributed by atoms with Crippen LogP contribution in [0.4, 0.5) is 35.1 Å². The van der Waals surface area contributed by atoms with Gasteiger partial charge in [0.2, 0.25) is 0 Å².